The van der Waals surface area contributed by atoms with E-state index in [9.17, 15) is 22.4 Å². The van der Waals surface area contributed by atoms with Crippen molar-refractivity contribution in [2.75, 3.05) is 17.9 Å². The van der Waals surface area contributed by atoms with Gasteiger partial charge in [-0.1, -0.05) is 54.4 Å². The van der Waals surface area contributed by atoms with Crippen LogP contribution in [0.4, 0.5) is 10.1 Å². The molecule has 196 valence electrons. The van der Waals surface area contributed by atoms with Crippen LogP contribution in [0.3, 0.4) is 0 Å². The molecule has 0 bridgehead atoms. The third-order valence-corrected chi connectivity index (χ3v) is 7.90. The third-order valence-electron chi connectivity index (χ3n) is 6.11. The van der Waals surface area contributed by atoms with Crippen molar-refractivity contribution in [3.05, 3.63) is 95.3 Å². The molecule has 0 fully saturated rings. The minimum atomic E-state index is -4.19. The molecule has 3 aromatic rings. The van der Waals surface area contributed by atoms with E-state index in [1.807, 2.05) is 38.1 Å². The second-order valence-corrected chi connectivity index (χ2v) is 10.7. The molecule has 0 aromatic heterocycles. The highest BCUT2D eigenvalue weighted by Gasteiger charge is 2.33. The second kappa shape index (κ2) is 12.0. The fraction of sp³-hybridized carbons (Fsp3) is 0.286. The predicted octanol–water partition coefficient (Wildman–Crippen LogP) is 4.19. The highest BCUT2D eigenvalue weighted by atomic mass is 32.2. The average Bonchev–Trinajstić information content (AvgIpc) is 2.88. The number of hydrogen-bond donors (Lipinski definition) is 1. The van der Waals surface area contributed by atoms with Gasteiger partial charge in [-0.2, -0.15) is 0 Å². The third kappa shape index (κ3) is 6.74. The van der Waals surface area contributed by atoms with Crippen LogP contribution in [0.15, 0.2) is 77.7 Å². The van der Waals surface area contributed by atoms with E-state index in [0.29, 0.717) is 6.42 Å². The summed E-state index contributed by atoms with van der Waals surface area (Å²) in [6.45, 7) is 5.12. The molecular weight excluding hydrogens is 493 g/mol. The van der Waals surface area contributed by atoms with E-state index in [0.717, 1.165) is 33.1 Å². The number of sulfonamides is 1. The van der Waals surface area contributed by atoms with Crippen LogP contribution in [-0.2, 0) is 26.2 Å². The maximum Gasteiger partial charge on any atom is 0.264 e. The molecule has 0 aliphatic carbocycles. The summed E-state index contributed by atoms with van der Waals surface area (Å²) < 4.78 is 42.0. The van der Waals surface area contributed by atoms with E-state index in [1.54, 1.807) is 19.1 Å². The van der Waals surface area contributed by atoms with Crippen molar-refractivity contribution in [3.8, 4) is 0 Å². The number of aryl methyl sites for hydroxylation is 2. The lowest BCUT2D eigenvalue weighted by Crippen LogP contribution is -2.51. The fourth-order valence-corrected chi connectivity index (χ4v) is 5.36. The Morgan fingerprint density at radius 1 is 0.892 bits per heavy atom. The van der Waals surface area contributed by atoms with Gasteiger partial charge < -0.3 is 10.2 Å². The van der Waals surface area contributed by atoms with Crippen molar-refractivity contribution in [2.45, 2.75) is 44.7 Å². The summed E-state index contributed by atoms with van der Waals surface area (Å²) in [6, 6.07) is 17.9. The monoisotopic (exact) mass is 525 g/mol. The van der Waals surface area contributed by atoms with Crippen molar-refractivity contribution in [3.63, 3.8) is 0 Å². The van der Waals surface area contributed by atoms with Gasteiger partial charge in [0.25, 0.3) is 10.0 Å². The summed E-state index contributed by atoms with van der Waals surface area (Å²) in [5.41, 5.74) is 2.87. The highest BCUT2D eigenvalue weighted by Crippen LogP contribution is 2.25. The molecule has 0 spiro atoms. The van der Waals surface area contributed by atoms with Gasteiger partial charge in [0.05, 0.1) is 10.6 Å². The lowest BCUT2D eigenvalue weighted by molar-refractivity contribution is -0.140. The number of carbonyl (C=O) groups is 2. The molecule has 0 saturated heterocycles. The molecule has 2 amide bonds. The first-order valence-corrected chi connectivity index (χ1v) is 13.4. The van der Waals surface area contributed by atoms with E-state index in [1.165, 1.54) is 36.2 Å². The zero-order valence-electron chi connectivity index (χ0n) is 21.4. The van der Waals surface area contributed by atoms with Gasteiger partial charge in [0.2, 0.25) is 11.8 Å². The van der Waals surface area contributed by atoms with Gasteiger partial charge in [0, 0.05) is 13.6 Å². The van der Waals surface area contributed by atoms with Crippen molar-refractivity contribution < 1.29 is 22.4 Å². The summed E-state index contributed by atoms with van der Waals surface area (Å²) >= 11 is 0. The Morgan fingerprint density at radius 3 is 1.95 bits per heavy atom. The van der Waals surface area contributed by atoms with E-state index in [2.05, 4.69) is 5.32 Å². The predicted molar refractivity (Wildman–Crippen MR) is 142 cm³/mol. The topological polar surface area (TPSA) is 86.8 Å². The molecule has 1 atom stereocenters. The summed E-state index contributed by atoms with van der Waals surface area (Å²) in [7, 11) is -2.69. The summed E-state index contributed by atoms with van der Waals surface area (Å²) in [6.07, 6.45) is 0.332. The van der Waals surface area contributed by atoms with Gasteiger partial charge in [-0.3, -0.25) is 13.9 Å². The van der Waals surface area contributed by atoms with Crippen LogP contribution in [0.25, 0.3) is 0 Å². The van der Waals surface area contributed by atoms with Crippen LogP contribution in [0.1, 0.15) is 30.0 Å². The summed E-state index contributed by atoms with van der Waals surface area (Å²) in [4.78, 5) is 27.9. The zero-order chi connectivity index (χ0) is 27.2. The maximum atomic E-state index is 13.8. The van der Waals surface area contributed by atoms with Crippen LogP contribution in [-0.4, -0.2) is 44.8 Å². The molecule has 0 aliphatic heterocycles. The number of hydrogen-bond acceptors (Lipinski definition) is 4. The van der Waals surface area contributed by atoms with E-state index in [4.69, 9.17) is 0 Å². The maximum absolute atomic E-state index is 13.8. The zero-order valence-corrected chi connectivity index (χ0v) is 22.3. The molecule has 3 aromatic carbocycles. The Hall–Kier alpha value is -3.72. The first-order valence-electron chi connectivity index (χ1n) is 12.0. The van der Waals surface area contributed by atoms with Crippen LogP contribution in [0.5, 0.6) is 0 Å². The lowest BCUT2D eigenvalue weighted by atomic mass is 10.1. The standard InChI is InChI=1S/C28H32FN3O4S/c1-5-26(28(34)30-4)31(18-22-10-6-20(2)7-11-22)27(33)19-32(24-14-12-23(29)13-15-24)37(35,36)25-16-8-21(3)9-17-25/h6-17,26H,5,18-19H2,1-4H3,(H,30,34)/t26-/m1/s1. The highest BCUT2D eigenvalue weighted by molar-refractivity contribution is 7.92. The van der Waals surface area contributed by atoms with Crippen molar-refractivity contribution in [2.24, 2.45) is 0 Å². The molecule has 9 heteroatoms. The van der Waals surface area contributed by atoms with Crippen LogP contribution >= 0.6 is 0 Å². The average molecular weight is 526 g/mol. The molecule has 0 saturated carbocycles. The van der Waals surface area contributed by atoms with E-state index < -0.39 is 34.3 Å². The number of halogens is 1. The molecular formula is C28H32FN3O4S. The number of rotatable bonds is 10. The summed E-state index contributed by atoms with van der Waals surface area (Å²) in [5.74, 6) is -1.44. The molecule has 0 unspecified atom stereocenters. The minimum absolute atomic E-state index is 0.00125. The quantitative estimate of drug-likeness (QED) is 0.430. The largest absolute Gasteiger partial charge is 0.357 e. The Labute approximate surface area is 218 Å². The number of amides is 2. The van der Waals surface area contributed by atoms with Gasteiger partial charge in [-0.25, -0.2) is 12.8 Å². The molecule has 0 aliphatic rings. The number of likely N-dealkylation sites (N-methyl/N-ethyl adjacent to an activating group) is 1. The van der Waals surface area contributed by atoms with Crippen LogP contribution in [0.2, 0.25) is 0 Å². The molecule has 0 radical (unpaired) electrons. The van der Waals surface area contributed by atoms with Gasteiger partial charge in [-0.05, 0) is 62.2 Å². The first kappa shape index (κ1) is 27.9. The van der Waals surface area contributed by atoms with Crippen molar-refractivity contribution in [1.82, 2.24) is 10.2 Å². The van der Waals surface area contributed by atoms with E-state index >= 15 is 0 Å². The number of nitrogens with one attached hydrogen (secondary N) is 1. The smallest absolute Gasteiger partial charge is 0.264 e. The minimum Gasteiger partial charge on any atom is -0.357 e. The number of carbonyl (C=O) groups excluding carboxylic acids is 2. The van der Waals surface area contributed by atoms with Crippen molar-refractivity contribution >= 4 is 27.5 Å². The molecule has 37 heavy (non-hydrogen) atoms. The Kier molecular flexibility index (Phi) is 9.04. The SMILES string of the molecule is CC[C@H](C(=O)NC)N(Cc1ccc(C)cc1)C(=O)CN(c1ccc(F)cc1)S(=O)(=O)c1ccc(C)cc1. The molecule has 3 rings (SSSR count). The van der Waals surface area contributed by atoms with Gasteiger partial charge in [0.1, 0.15) is 18.4 Å². The Bertz CT molecular complexity index is 1330. The fourth-order valence-electron chi connectivity index (χ4n) is 3.95. The van der Waals surface area contributed by atoms with Crippen LogP contribution in [0, 0.1) is 19.7 Å². The van der Waals surface area contributed by atoms with Gasteiger partial charge >= 0.3 is 0 Å². The molecule has 7 nitrogen and oxygen atoms in total. The lowest BCUT2D eigenvalue weighted by Gasteiger charge is -2.33. The van der Waals surface area contributed by atoms with Gasteiger partial charge in [0.15, 0.2) is 0 Å². The van der Waals surface area contributed by atoms with Crippen molar-refractivity contribution in [1.29, 1.82) is 0 Å². The van der Waals surface area contributed by atoms with E-state index in [-0.39, 0.29) is 23.0 Å². The second-order valence-electron chi connectivity index (χ2n) is 8.85. The molecule has 1 N–H and O–H groups in total. The summed E-state index contributed by atoms with van der Waals surface area (Å²) in [5, 5.41) is 2.59. The Morgan fingerprint density at radius 2 is 1.43 bits per heavy atom. The molecule has 0 heterocycles. The number of nitrogens with zero attached hydrogens (tertiary/aromatic N) is 2. The first-order chi connectivity index (χ1) is 17.6. The number of anilines is 1. The normalized spacial score (nSPS) is 12.0. The number of benzene rings is 3. The van der Waals surface area contributed by atoms with Gasteiger partial charge in [-0.15, -0.1) is 0 Å². The Balaban J connectivity index is 2.04. The van der Waals surface area contributed by atoms with Crippen LogP contribution < -0.4 is 9.62 Å².